The van der Waals surface area contributed by atoms with Crippen LogP contribution in [-0.4, -0.2) is 57.9 Å². The number of fused-ring (bicyclic) bond motifs is 1. The first-order chi connectivity index (χ1) is 14.9. The van der Waals surface area contributed by atoms with Crippen LogP contribution in [0.5, 0.6) is 0 Å². The molecule has 164 valence electrons. The van der Waals surface area contributed by atoms with Gasteiger partial charge in [0.1, 0.15) is 15.8 Å². The Morgan fingerprint density at radius 1 is 1.29 bits per heavy atom. The van der Waals surface area contributed by atoms with E-state index in [1.54, 1.807) is 23.8 Å². The number of pyridine rings is 1. The van der Waals surface area contributed by atoms with Gasteiger partial charge in [-0.25, -0.2) is 4.98 Å². The number of carbonyl (C=O) groups excluding carboxylic acids is 1. The number of thiocarbonyl (C=S) groups is 1. The van der Waals surface area contributed by atoms with Gasteiger partial charge >= 0.3 is 0 Å². The number of ether oxygens (including phenoxy) is 1. The van der Waals surface area contributed by atoms with Crippen LogP contribution in [0.15, 0.2) is 28.0 Å². The molecule has 0 saturated carbocycles. The van der Waals surface area contributed by atoms with E-state index in [-0.39, 0.29) is 11.5 Å². The summed E-state index contributed by atoms with van der Waals surface area (Å²) in [6.45, 7) is 6.65. The summed E-state index contributed by atoms with van der Waals surface area (Å²) < 4.78 is 7.12. The zero-order chi connectivity index (χ0) is 22.1. The van der Waals surface area contributed by atoms with Crippen LogP contribution in [0.3, 0.4) is 0 Å². The first-order valence-corrected chi connectivity index (χ1v) is 11.6. The van der Waals surface area contributed by atoms with Gasteiger partial charge in [-0.3, -0.25) is 18.9 Å². The number of hydrogen-bond acceptors (Lipinski definition) is 7. The van der Waals surface area contributed by atoms with E-state index in [0.717, 1.165) is 31.5 Å². The zero-order valence-electron chi connectivity index (χ0n) is 18.0. The summed E-state index contributed by atoms with van der Waals surface area (Å²) in [5.41, 5.74) is 1.83. The summed E-state index contributed by atoms with van der Waals surface area (Å²) in [6, 6.07) is 3.81. The molecule has 0 atom stereocenters. The fourth-order valence-electron chi connectivity index (χ4n) is 3.84. The Balaban J connectivity index is 1.82. The van der Waals surface area contributed by atoms with Crippen molar-refractivity contribution in [2.45, 2.75) is 26.7 Å². The minimum Gasteiger partial charge on any atom is -0.383 e. The van der Waals surface area contributed by atoms with Gasteiger partial charge in [-0.05, 0) is 43.4 Å². The fourth-order valence-corrected chi connectivity index (χ4v) is 5.13. The van der Waals surface area contributed by atoms with E-state index < -0.39 is 0 Å². The Bertz CT molecular complexity index is 1120. The SMILES string of the molecule is COCCN1C(=O)/C(=C/c2c(N3CCC(C)CC3)nc3ccc(C)cn3c2=O)SC1=S. The Morgan fingerprint density at radius 3 is 2.74 bits per heavy atom. The number of nitrogens with zero attached hydrogens (tertiary/aromatic N) is 4. The second kappa shape index (κ2) is 9.10. The first kappa shape index (κ1) is 22.0. The maximum atomic E-state index is 13.5. The Hall–Kier alpha value is -2.23. The number of rotatable bonds is 5. The van der Waals surface area contributed by atoms with E-state index in [1.807, 2.05) is 19.1 Å². The number of piperidine rings is 1. The standard InChI is InChI=1S/C22H26N4O3S2/c1-14-6-8-24(9-7-14)19-16(20(27)26-13-15(2)4-5-18(26)23-19)12-17-21(28)25(10-11-29-3)22(30)31-17/h4-5,12-14H,6-11H2,1-3H3/b17-12-. The average molecular weight is 459 g/mol. The van der Waals surface area contributed by atoms with Crippen molar-refractivity contribution in [3.63, 3.8) is 0 Å². The Kier molecular flexibility index (Phi) is 6.45. The van der Waals surface area contributed by atoms with Crippen LogP contribution >= 0.6 is 24.0 Å². The highest BCUT2D eigenvalue weighted by molar-refractivity contribution is 8.26. The number of methoxy groups -OCH3 is 1. The molecule has 2 aromatic rings. The minimum atomic E-state index is -0.195. The summed E-state index contributed by atoms with van der Waals surface area (Å²) >= 11 is 6.60. The van der Waals surface area contributed by atoms with Crippen molar-refractivity contribution in [1.29, 1.82) is 0 Å². The second-order valence-electron chi connectivity index (χ2n) is 8.08. The van der Waals surface area contributed by atoms with Gasteiger partial charge in [-0.1, -0.05) is 37.0 Å². The number of thioether (sulfide) groups is 1. The molecule has 0 aliphatic carbocycles. The number of aromatic nitrogens is 2. The fraction of sp³-hybridized carbons (Fsp3) is 0.455. The van der Waals surface area contributed by atoms with Gasteiger partial charge in [0.05, 0.1) is 23.6 Å². The topological polar surface area (TPSA) is 67.2 Å². The quantitative estimate of drug-likeness (QED) is 0.504. The highest BCUT2D eigenvalue weighted by atomic mass is 32.2. The molecule has 4 rings (SSSR count). The molecule has 0 aromatic carbocycles. The molecule has 2 aliphatic heterocycles. The molecule has 7 nitrogen and oxygen atoms in total. The zero-order valence-corrected chi connectivity index (χ0v) is 19.6. The molecule has 0 radical (unpaired) electrons. The van der Waals surface area contributed by atoms with Gasteiger partial charge in [-0.15, -0.1) is 0 Å². The van der Waals surface area contributed by atoms with Gasteiger partial charge in [0.25, 0.3) is 11.5 Å². The first-order valence-electron chi connectivity index (χ1n) is 10.4. The van der Waals surface area contributed by atoms with Crippen molar-refractivity contribution in [3.05, 3.63) is 44.7 Å². The number of anilines is 1. The number of aryl methyl sites for hydroxylation is 1. The molecule has 2 saturated heterocycles. The monoisotopic (exact) mass is 458 g/mol. The predicted octanol–water partition coefficient (Wildman–Crippen LogP) is 3.09. The molecular formula is C22H26N4O3S2. The van der Waals surface area contributed by atoms with Gasteiger partial charge < -0.3 is 9.64 Å². The van der Waals surface area contributed by atoms with E-state index in [2.05, 4.69) is 11.8 Å². The van der Waals surface area contributed by atoms with Crippen LogP contribution in [0, 0.1) is 12.8 Å². The van der Waals surface area contributed by atoms with Crippen LogP contribution < -0.4 is 10.5 Å². The molecule has 0 N–H and O–H groups in total. The normalized spacial score (nSPS) is 19.3. The predicted molar refractivity (Wildman–Crippen MR) is 129 cm³/mol. The van der Waals surface area contributed by atoms with Crippen LogP contribution in [0.2, 0.25) is 0 Å². The maximum absolute atomic E-state index is 13.5. The largest absolute Gasteiger partial charge is 0.383 e. The third-order valence-corrected chi connectivity index (χ3v) is 7.11. The molecular weight excluding hydrogens is 432 g/mol. The summed E-state index contributed by atoms with van der Waals surface area (Å²) in [4.78, 5) is 35.4. The van der Waals surface area contributed by atoms with E-state index in [1.165, 1.54) is 16.7 Å². The van der Waals surface area contributed by atoms with E-state index in [4.69, 9.17) is 21.9 Å². The highest BCUT2D eigenvalue weighted by Gasteiger charge is 2.33. The Morgan fingerprint density at radius 2 is 2.03 bits per heavy atom. The molecule has 2 aliphatic rings. The minimum absolute atomic E-state index is 0.176. The summed E-state index contributed by atoms with van der Waals surface area (Å²) in [5.74, 6) is 1.10. The van der Waals surface area contributed by atoms with E-state index >= 15 is 0 Å². The van der Waals surface area contributed by atoms with Crippen molar-refractivity contribution in [2.24, 2.45) is 5.92 Å². The summed E-state index contributed by atoms with van der Waals surface area (Å²) in [7, 11) is 1.59. The van der Waals surface area contributed by atoms with Crippen molar-refractivity contribution in [3.8, 4) is 0 Å². The lowest BCUT2D eigenvalue weighted by molar-refractivity contribution is -0.122. The molecule has 2 aromatic heterocycles. The average Bonchev–Trinajstić information content (AvgIpc) is 3.02. The summed E-state index contributed by atoms with van der Waals surface area (Å²) in [5, 5.41) is 0. The maximum Gasteiger partial charge on any atom is 0.267 e. The Labute approximate surface area is 191 Å². The van der Waals surface area contributed by atoms with Crippen molar-refractivity contribution < 1.29 is 9.53 Å². The molecule has 9 heteroatoms. The second-order valence-corrected chi connectivity index (χ2v) is 9.76. The molecule has 0 unspecified atom stereocenters. The number of hydrogen-bond donors (Lipinski definition) is 0. The third kappa shape index (κ3) is 4.40. The van der Waals surface area contributed by atoms with Crippen molar-refractivity contribution in [2.75, 3.05) is 38.3 Å². The van der Waals surface area contributed by atoms with Crippen molar-refractivity contribution in [1.82, 2.24) is 14.3 Å². The molecule has 0 spiro atoms. The lowest BCUT2D eigenvalue weighted by atomic mass is 9.99. The van der Waals surface area contributed by atoms with Crippen molar-refractivity contribution >= 4 is 51.7 Å². The van der Waals surface area contributed by atoms with Gasteiger partial charge in [0.15, 0.2) is 0 Å². The molecule has 2 fully saturated rings. The van der Waals surface area contributed by atoms with E-state index in [0.29, 0.717) is 45.3 Å². The third-order valence-electron chi connectivity index (χ3n) is 5.74. The van der Waals surface area contributed by atoms with Crippen LogP contribution in [0.25, 0.3) is 11.7 Å². The summed E-state index contributed by atoms with van der Waals surface area (Å²) in [6.07, 6.45) is 5.55. The number of carbonyl (C=O) groups is 1. The molecule has 1 amide bonds. The smallest absolute Gasteiger partial charge is 0.267 e. The molecule has 4 heterocycles. The van der Waals surface area contributed by atoms with Crippen LogP contribution in [0.1, 0.15) is 30.9 Å². The lowest BCUT2D eigenvalue weighted by Gasteiger charge is -2.32. The highest BCUT2D eigenvalue weighted by Crippen LogP contribution is 2.34. The van der Waals surface area contributed by atoms with Gasteiger partial charge in [-0.2, -0.15) is 0 Å². The van der Waals surface area contributed by atoms with Gasteiger partial charge in [0, 0.05) is 26.4 Å². The van der Waals surface area contributed by atoms with Crippen LogP contribution in [0.4, 0.5) is 5.82 Å². The lowest BCUT2D eigenvalue weighted by Crippen LogP contribution is -2.36. The van der Waals surface area contributed by atoms with Crippen LogP contribution in [-0.2, 0) is 9.53 Å². The van der Waals surface area contributed by atoms with E-state index in [9.17, 15) is 9.59 Å². The molecule has 0 bridgehead atoms. The molecule has 31 heavy (non-hydrogen) atoms. The number of amides is 1. The van der Waals surface area contributed by atoms with Gasteiger partial charge in [0.2, 0.25) is 0 Å².